The molecule has 0 radical (unpaired) electrons. The standard InChI is InChI=1S/C14H24O11/c1-4-7(16)10(19)12(13(21)23-4)25-14-11(20)9(18)8(17)6(24-14)3-22-5(2)15/h4,6-14,16-21H,3H2,1-2H3/t4-,6-,7-,8+,9+,10+,11-,12+,13-,14+/m1/s1. The van der Waals surface area contributed by atoms with Crippen molar-refractivity contribution in [1.29, 1.82) is 0 Å². The molecule has 2 heterocycles. The van der Waals surface area contributed by atoms with Gasteiger partial charge in [-0.25, -0.2) is 0 Å². The second-order valence-corrected chi connectivity index (χ2v) is 6.13. The molecule has 11 heteroatoms. The molecule has 2 aliphatic rings. The van der Waals surface area contributed by atoms with Crippen molar-refractivity contribution in [3.8, 4) is 0 Å². The van der Waals surface area contributed by atoms with E-state index in [1.807, 2.05) is 0 Å². The summed E-state index contributed by atoms with van der Waals surface area (Å²) in [6, 6.07) is 0. The van der Waals surface area contributed by atoms with E-state index in [-0.39, 0.29) is 0 Å². The summed E-state index contributed by atoms with van der Waals surface area (Å²) in [6.45, 7) is 2.17. The van der Waals surface area contributed by atoms with Crippen molar-refractivity contribution in [3.63, 3.8) is 0 Å². The van der Waals surface area contributed by atoms with E-state index in [0.717, 1.165) is 6.92 Å². The van der Waals surface area contributed by atoms with Crippen molar-refractivity contribution in [1.82, 2.24) is 0 Å². The molecule has 2 aliphatic heterocycles. The molecular formula is C14H24O11. The summed E-state index contributed by atoms with van der Waals surface area (Å²) >= 11 is 0. The highest BCUT2D eigenvalue weighted by molar-refractivity contribution is 5.65. The third-order valence-corrected chi connectivity index (χ3v) is 4.21. The lowest BCUT2D eigenvalue weighted by Crippen LogP contribution is -2.63. The number of aliphatic hydroxyl groups is 6. The lowest BCUT2D eigenvalue weighted by atomic mass is 9.97. The molecule has 6 N–H and O–H groups in total. The predicted molar refractivity (Wildman–Crippen MR) is 76.8 cm³/mol. The van der Waals surface area contributed by atoms with E-state index in [1.165, 1.54) is 6.92 Å². The van der Waals surface area contributed by atoms with Gasteiger partial charge in [-0.1, -0.05) is 0 Å². The zero-order valence-electron chi connectivity index (χ0n) is 13.7. The van der Waals surface area contributed by atoms with Crippen LogP contribution in [0.5, 0.6) is 0 Å². The lowest BCUT2D eigenvalue weighted by Gasteiger charge is -2.44. The van der Waals surface area contributed by atoms with Crippen molar-refractivity contribution >= 4 is 5.97 Å². The van der Waals surface area contributed by atoms with Gasteiger partial charge in [-0.3, -0.25) is 4.79 Å². The quantitative estimate of drug-likeness (QED) is 0.268. The van der Waals surface area contributed by atoms with Crippen LogP contribution in [-0.4, -0.2) is 105 Å². The highest BCUT2D eigenvalue weighted by Crippen LogP contribution is 2.28. The summed E-state index contributed by atoms with van der Waals surface area (Å²) in [7, 11) is 0. The second-order valence-electron chi connectivity index (χ2n) is 6.13. The summed E-state index contributed by atoms with van der Waals surface area (Å²) in [5.41, 5.74) is 0. The van der Waals surface area contributed by atoms with Gasteiger partial charge in [0.05, 0.1) is 6.10 Å². The topological polar surface area (TPSA) is 175 Å². The van der Waals surface area contributed by atoms with Gasteiger partial charge in [-0.05, 0) is 6.92 Å². The van der Waals surface area contributed by atoms with E-state index in [2.05, 4.69) is 0 Å². The van der Waals surface area contributed by atoms with Gasteiger partial charge in [0.15, 0.2) is 12.6 Å². The Kier molecular flexibility index (Phi) is 6.70. The first kappa shape index (κ1) is 20.4. The first-order chi connectivity index (χ1) is 11.6. The third kappa shape index (κ3) is 4.45. The molecule has 2 fully saturated rings. The number of esters is 1. The molecule has 0 aromatic rings. The Hall–Kier alpha value is -0.890. The minimum Gasteiger partial charge on any atom is -0.463 e. The SMILES string of the molecule is CC(=O)OC[C@H]1O[C@@H](O[C@H]2[C@@H](O)[C@H](O)[C@@H](C)O[C@H]2O)[C@H](O)[C@@H](O)[C@H]1O. The molecule has 2 rings (SSSR count). The van der Waals surface area contributed by atoms with Gasteiger partial charge in [-0.2, -0.15) is 0 Å². The third-order valence-electron chi connectivity index (χ3n) is 4.21. The van der Waals surface area contributed by atoms with Gasteiger partial charge in [-0.15, -0.1) is 0 Å². The van der Waals surface area contributed by atoms with Gasteiger partial charge in [0.1, 0.15) is 49.3 Å². The van der Waals surface area contributed by atoms with Crippen molar-refractivity contribution in [3.05, 3.63) is 0 Å². The average Bonchev–Trinajstić information content (AvgIpc) is 2.55. The first-order valence-electron chi connectivity index (χ1n) is 7.81. The van der Waals surface area contributed by atoms with Gasteiger partial charge in [0, 0.05) is 6.92 Å². The normalized spacial score (nSPS) is 48.2. The summed E-state index contributed by atoms with van der Waals surface area (Å²) in [4.78, 5) is 10.9. The summed E-state index contributed by atoms with van der Waals surface area (Å²) in [5.74, 6) is -0.641. The van der Waals surface area contributed by atoms with E-state index in [0.29, 0.717) is 0 Å². The van der Waals surface area contributed by atoms with Crippen LogP contribution in [-0.2, 0) is 23.7 Å². The largest absolute Gasteiger partial charge is 0.463 e. The molecular weight excluding hydrogens is 344 g/mol. The fourth-order valence-electron chi connectivity index (χ4n) is 2.69. The number of carbonyl (C=O) groups excluding carboxylic acids is 1. The fourth-order valence-corrected chi connectivity index (χ4v) is 2.69. The van der Waals surface area contributed by atoms with Gasteiger partial charge in [0.25, 0.3) is 0 Å². The van der Waals surface area contributed by atoms with Crippen molar-refractivity contribution in [2.75, 3.05) is 6.61 Å². The van der Waals surface area contributed by atoms with E-state index in [1.54, 1.807) is 0 Å². The second kappa shape index (κ2) is 8.20. The number of ether oxygens (including phenoxy) is 4. The maximum absolute atomic E-state index is 10.9. The van der Waals surface area contributed by atoms with Crippen molar-refractivity contribution in [2.45, 2.75) is 75.3 Å². The van der Waals surface area contributed by atoms with Crippen molar-refractivity contribution < 1.29 is 54.4 Å². The van der Waals surface area contributed by atoms with Crippen LogP contribution in [0.15, 0.2) is 0 Å². The molecule has 10 atom stereocenters. The molecule has 0 aromatic heterocycles. The summed E-state index contributed by atoms with van der Waals surface area (Å²) < 4.78 is 20.3. The maximum atomic E-state index is 10.9. The van der Waals surface area contributed by atoms with E-state index < -0.39 is 74.0 Å². The number of hydrogen-bond acceptors (Lipinski definition) is 11. The molecule has 0 saturated carbocycles. The van der Waals surface area contributed by atoms with Crippen LogP contribution >= 0.6 is 0 Å². The van der Waals surface area contributed by atoms with Crippen LogP contribution in [0.25, 0.3) is 0 Å². The first-order valence-corrected chi connectivity index (χ1v) is 7.81. The van der Waals surface area contributed by atoms with Crippen LogP contribution in [0, 0.1) is 0 Å². The van der Waals surface area contributed by atoms with Crippen LogP contribution in [0.1, 0.15) is 13.8 Å². The Morgan fingerprint density at radius 3 is 2.16 bits per heavy atom. The fraction of sp³-hybridized carbons (Fsp3) is 0.929. The smallest absolute Gasteiger partial charge is 0.302 e. The number of carbonyl (C=O) groups is 1. The Bertz CT molecular complexity index is 460. The molecule has 0 amide bonds. The van der Waals surface area contributed by atoms with Gasteiger partial charge < -0.3 is 49.6 Å². The summed E-state index contributed by atoms with van der Waals surface area (Å²) in [6.07, 6.45) is -14.6. The predicted octanol–water partition coefficient (Wildman–Crippen LogP) is -3.80. The number of hydrogen-bond donors (Lipinski definition) is 6. The van der Waals surface area contributed by atoms with E-state index in [9.17, 15) is 35.4 Å². The molecule has 146 valence electrons. The van der Waals surface area contributed by atoms with Gasteiger partial charge in [0.2, 0.25) is 0 Å². The Morgan fingerprint density at radius 1 is 0.920 bits per heavy atom. The molecule has 11 nitrogen and oxygen atoms in total. The minimum atomic E-state index is -1.72. The van der Waals surface area contributed by atoms with E-state index >= 15 is 0 Å². The molecule has 0 spiro atoms. The molecule has 0 aliphatic carbocycles. The Balaban J connectivity index is 2.07. The monoisotopic (exact) mass is 368 g/mol. The van der Waals surface area contributed by atoms with Crippen molar-refractivity contribution in [2.24, 2.45) is 0 Å². The van der Waals surface area contributed by atoms with Crippen LogP contribution in [0.3, 0.4) is 0 Å². The molecule has 25 heavy (non-hydrogen) atoms. The van der Waals surface area contributed by atoms with Gasteiger partial charge >= 0.3 is 5.97 Å². The average molecular weight is 368 g/mol. The molecule has 0 unspecified atom stereocenters. The molecule has 2 saturated heterocycles. The number of aliphatic hydroxyl groups excluding tert-OH is 6. The summed E-state index contributed by atoms with van der Waals surface area (Å²) in [5, 5.41) is 59.5. The van der Waals surface area contributed by atoms with Crippen LogP contribution in [0.4, 0.5) is 0 Å². The highest BCUT2D eigenvalue weighted by Gasteiger charge is 2.49. The number of rotatable bonds is 4. The Morgan fingerprint density at radius 2 is 1.56 bits per heavy atom. The lowest BCUT2D eigenvalue weighted by molar-refractivity contribution is -0.359. The van der Waals surface area contributed by atoms with Crippen LogP contribution < -0.4 is 0 Å². The van der Waals surface area contributed by atoms with E-state index in [4.69, 9.17) is 18.9 Å². The zero-order valence-corrected chi connectivity index (χ0v) is 13.7. The highest BCUT2D eigenvalue weighted by atomic mass is 16.7. The zero-order chi connectivity index (χ0) is 18.9. The Labute approximate surface area is 143 Å². The molecule has 0 aromatic carbocycles. The minimum absolute atomic E-state index is 0.411. The van der Waals surface area contributed by atoms with Crippen LogP contribution in [0.2, 0.25) is 0 Å². The molecule has 0 bridgehead atoms. The maximum Gasteiger partial charge on any atom is 0.302 e.